The summed E-state index contributed by atoms with van der Waals surface area (Å²) in [6.07, 6.45) is 0. The van der Waals surface area contributed by atoms with Crippen LogP contribution < -0.4 is 0 Å². The van der Waals surface area contributed by atoms with Crippen LogP contribution in [0.3, 0.4) is 0 Å². The van der Waals surface area contributed by atoms with Crippen molar-refractivity contribution in [3.63, 3.8) is 0 Å². The Balaban J connectivity index is 1.16. The van der Waals surface area contributed by atoms with Crippen LogP contribution in [0.25, 0.3) is 104 Å². The van der Waals surface area contributed by atoms with Gasteiger partial charge in [0.1, 0.15) is 11.2 Å². The van der Waals surface area contributed by atoms with Crippen LogP contribution in [-0.4, -0.2) is 13.7 Å². The van der Waals surface area contributed by atoms with Gasteiger partial charge in [-0.05, 0) is 84.9 Å². The molecule has 0 fully saturated rings. The minimum Gasteiger partial charge on any atom is -0.456 e. The van der Waals surface area contributed by atoms with Crippen molar-refractivity contribution >= 4 is 87.4 Å². The molecule has 0 radical (unpaired) electrons. The minimum absolute atomic E-state index is 0.903. The van der Waals surface area contributed by atoms with E-state index in [4.69, 9.17) is 4.42 Å². The van der Waals surface area contributed by atoms with E-state index in [1.54, 1.807) is 0 Å². The molecule has 12 aromatic rings. The molecule has 4 heteroatoms. The zero-order chi connectivity index (χ0) is 33.9. The molecule has 4 nitrogen and oxygen atoms in total. The van der Waals surface area contributed by atoms with Crippen LogP contribution in [0.4, 0.5) is 0 Å². The zero-order valence-corrected chi connectivity index (χ0v) is 28.0. The molecular weight excluding hydrogens is 635 g/mol. The maximum Gasteiger partial charge on any atom is 0.135 e. The summed E-state index contributed by atoms with van der Waals surface area (Å²) in [6, 6.07) is 63.5. The van der Waals surface area contributed by atoms with E-state index in [1.807, 2.05) is 12.1 Å². The third kappa shape index (κ3) is 3.65. The molecule has 4 aromatic heterocycles. The van der Waals surface area contributed by atoms with Gasteiger partial charge in [-0.2, -0.15) is 0 Å². The smallest absolute Gasteiger partial charge is 0.135 e. The molecule has 12 rings (SSSR count). The molecule has 0 saturated carbocycles. The van der Waals surface area contributed by atoms with Gasteiger partial charge in [0.25, 0.3) is 0 Å². The molecule has 0 N–H and O–H groups in total. The third-order valence-corrected chi connectivity index (χ3v) is 11.0. The number of hydrogen-bond donors (Lipinski definition) is 0. The number of hydrogen-bond acceptors (Lipinski definition) is 1. The van der Waals surface area contributed by atoms with Gasteiger partial charge >= 0.3 is 0 Å². The summed E-state index contributed by atoms with van der Waals surface area (Å²) in [4.78, 5) is 0. The highest BCUT2D eigenvalue weighted by atomic mass is 16.3. The molecule has 8 aromatic carbocycles. The van der Waals surface area contributed by atoms with Crippen LogP contribution in [-0.2, 0) is 0 Å². The van der Waals surface area contributed by atoms with Gasteiger partial charge in [-0.15, -0.1) is 0 Å². The van der Waals surface area contributed by atoms with E-state index in [0.29, 0.717) is 0 Å². The second-order valence-electron chi connectivity index (χ2n) is 13.7. The molecule has 0 atom stereocenters. The van der Waals surface area contributed by atoms with Crippen molar-refractivity contribution in [2.45, 2.75) is 0 Å². The Morgan fingerprint density at radius 1 is 0.269 bits per heavy atom. The fourth-order valence-corrected chi connectivity index (χ4v) is 8.88. The SMILES string of the molecule is c1ccc(-n2c3ccccc3c3cc(-n4c5ccccc5c5c6c7ccccc7n(-c7ccc8oc9ccccc9c8c7)c6ccc54)ccc32)cc1. The number of aromatic nitrogens is 3. The number of nitrogens with zero attached hydrogens (tertiary/aromatic N) is 3. The van der Waals surface area contributed by atoms with Gasteiger partial charge < -0.3 is 18.1 Å². The quantitative estimate of drug-likeness (QED) is 0.185. The van der Waals surface area contributed by atoms with Crippen molar-refractivity contribution in [2.75, 3.05) is 0 Å². The van der Waals surface area contributed by atoms with Crippen molar-refractivity contribution in [1.82, 2.24) is 13.7 Å². The molecule has 4 heterocycles. The third-order valence-electron chi connectivity index (χ3n) is 11.0. The molecule has 0 amide bonds. The normalized spacial score (nSPS) is 12.2. The van der Waals surface area contributed by atoms with Crippen LogP contribution in [0.2, 0.25) is 0 Å². The number of benzene rings is 8. The lowest BCUT2D eigenvalue weighted by molar-refractivity contribution is 0.669. The fraction of sp³-hybridized carbons (Fsp3) is 0. The molecule has 0 aliphatic carbocycles. The van der Waals surface area contributed by atoms with E-state index in [2.05, 4.69) is 177 Å². The van der Waals surface area contributed by atoms with E-state index in [1.165, 1.54) is 65.4 Å². The van der Waals surface area contributed by atoms with E-state index < -0.39 is 0 Å². The van der Waals surface area contributed by atoms with Gasteiger partial charge in [0.2, 0.25) is 0 Å². The predicted octanol–water partition coefficient (Wildman–Crippen LogP) is 12.9. The molecular formula is C48H29N3O. The highest BCUT2D eigenvalue weighted by molar-refractivity contribution is 6.29. The average molecular weight is 664 g/mol. The summed E-state index contributed by atoms with van der Waals surface area (Å²) in [7, 11) is 0. The average Bonchev–Trinajstić information content (AvgIpc) is 3.94. The molecule has 0 aliphatic rings. The van der Waals surface area contributed by atoms with Crippen molar-refractivity contribution in [1.29, 1.82) is 0 Å². The van der Waals surface area contributed by atoms with Crippen molar-refractivity contribution < 1.29 is 4.42 Å². The summed E-state index contributed by atoms with van der Waals surface area (Å²) in [5.74, 6) is 0. The molecule has 52 heavy (non-hydrogen) atoms. The molecule has 242 valence electrons. The lowest BCUT2D eigenvalue weighted by atomic mass is 10.1. The summed E-state index contributed by atoms with van der Waals surface area (Å²) in [5, 5.41) is 9.76. The van der Waals surface area contributed by atoms with E-state index >= 15 is 0 Å². The maximum atomic E-state index is 6.21. The molecule has 0 spiro atoms. The molecule has 0 bridgehead atoms. The summed E-state index contributed by atoms with van der Waals surface area (Å²) < 4.78 is 13.5. The first-order valence-corrected chi connectivity index (χ1v) is 17.8. The van der Waals surface area contributed by atoms with E-state index in [0.717, 1.165) is 39.0 Å². The van der Waals surface area contributed by atoms with Gasteiger partial charge in [-0.3, -0.25) is 0 Å². The molecule has 0 aliphatic heterocycles. The summed E-state index contributed by atoms with van der Waals surface area (Å²) >= 11 is 0. The Bertz CT molecular complexity index is 3410. The minimum atomic E-state index is 0.903. The van der Waals surface area contributed by atoms with E-state index in [-0.39, 0.29) is 0 Å². The van der Waals surface area contributed by atoms with Gasteiger partial charge in [-0.1, -0.05) is 91.0 Å². The van der Waals surface area contributed by atoms with E-state index in [9.17, 15) is 0 Å². The Hall–Kier alpha value is -7.04. The topological polar surface area (TPSA) is 27.9 Å². The first-order valence-electron chi connectivity index (χ1n) is 17.8. The fourth-order valence-electron chi connectivity index (χ4n) is 8.88. The Morgan fingerprint density at radius 3 is 1.38 bits per heavy atom. The standard InChI is InChI=1S/C48H29N3O/c1-2-12-30(13-3-1)49-39-18-8-4-14-33(39)37-28-31(22-24-42(37)49)50-40-19-9-5-16-35(40)47-43(50)25-26-44-48(47)36-17-6-10-20-41(36)51(44)32-23-27-46-38(29-32)34-15-7-11-21-45(34)52-46/h1-29H. The van der Waals surface area contributed by atoms with Crippen LogP contribution in [0, 0.1) is 0 Å². The van der Waals surface area contributed by atoms with Crippen LogP contribution >= 0.6 is 0 Å². The summed E-state index contributed by atoms with van der Waals surface area (Å²) in [5.41, 5.74) is 12.4. The van der Waals surface area contributed by atoms with Crippen molar-refractivity contribution in [2.24, 2.45) is 0 Å². The lowest BCUT2D eigenvalue weighted by Crippen LogP contribution is -1.96. The van der Waals surface area contributed by atoms with Crippen molar-refractivity contribution in [3.8, 4) is 17.1 Å². The number of para-hydroxylation sites is 5. The molecule has 0 saturated heterocycles. The highest BCUT2D eigenvalue weighted by Crippen LogP contribution is 2.43. The second kappa shape index (κ2) is 10.3. The second-order valence-corrected chi connectivity index (χ2v) is 13.7. The number of fused-ring (bicyclic) bond motifs is 13. The van der Waals surface area contributed by atoms with Crippen LogP contribution in [0.15, 0.2) is 180 Å². The number of rotatable bonds is 3. The first kappa shape index (κ1) is 27.7. The predicted molar refractivity (Wildman–Crippen MR) is 217 cm³/mol. The lowest BCUT2D eigenvalue weighted by Gasteiger charge is -2.11. The Morgan fingerprint density at radius 2 is 0.712 bits per heavy atom. The van der Waals surface area contributed by atoms with Gasteiger partial charge in [-0.25, -0.2) is 0 Å². The van der Waals surface area contributed by atoms with Crippen LogP contribution in [0.1, 0.15) is 0 Å². The van der Waals surface area contributed by atoms with Crippen LogP contribution in [0.5, 0.6) is 0 Å². The highest BCUT2D eigenvalue weighted by Gasteiger charge is 2.22. The zero-order valence-electron chi connectivity index (χ0n) is 28.0. The number of furan rings is 1. The summed E-state index contributed by atoms with van der Waals surface area (Å²) in [6.45, 7) is 0. The molecule has 0 unspecified atom stereocenters. The van der Waals surface area contributed by atoms with Crippen molar-refractivity contribution in [3.05, 3.63) is 176 Å². The Kier molecular flexibility index (Phi) is 5.47. The van der Waals surface area contributed by atoms with Gasteiger partial charge in [0.15, 0.2) is 0 Å². The largest absolute Gasteiger partial charge is 0.456 e. The first-order chi connectivity index (χ1) is 25.8. The Labute approximate surface area is 297 Å². The van der Waals surface area contributed by atoms with Gasteiger partial charge in [0, 0.05) is 60.2 Å². The maximum absolute atomic E-state index is 6.21. The van der Waals surface area contributed by atoms with Gasteiger partial charge in [0.05, 0.1) is 33.1 Å². The monoisotopic (exact) mass is 663 g/mol.